The Labute approximate surface area is 129 Å². The third kappa shape index (κ3) is 3.03. The molecule has 0 aromatic carbocycles. The summed E-state index contributed by atoms with van der Waals surface area (Å²) in [7, 11) is 0. The predicted octanol–water partition coefficient (Wildman–Crippen LogP) is 1.17. The van der Waals surface area contributed by atoms with Crippen LogP contribution in [-0.4, -0.2) is 45.8 Å². The summed E-state index contributed by atoms with van der Waals surface area (Å²) in [5.74, 6) is 1.57. The highest BCUT2D eigenvalue weighted by Gasteiger charge is 2.25. The van der Waals surface area contributed by atoms with Crippen LogP contribution in [0.15, 0.2) is 6.33 Å². The van der Waals surface area contributed by atoms with Crippen LogP contribution in [0.4, 0.5) is 11.6 Å². The first-order valence-corrected chi connectivity index (χ1v) is 7.85. The van der Waals surface area contributed by atoms with Gasteiger partial charge in [0.15, 0.2) is 0 Å². The Morgan fingerprint density at radius 1 is 1.45 bits per heavy atom. The molecule has 1 atom stereocenters. The molecule has 0 saturated carbocycles. The molecule has 7 heteroatoms. The smallest absolute Gasteiger partial charge is 0.225 e. The molecule has 0 aliphatic carbocycles. The first-order valence-electron chi connectivity index (χ1n) is 7.85. The summed E-state index contributed by atoms with van der Waals surface area (Å²) < 4.78 is 0. The van der Waals surface area contributed by atoms with Gasteiger partial charge in [-0.2, -0.15) is 0 Å². The molecule has 3 heterocycles. The molecule has 0 bridgehead atoms. The molecule has 2 aliphatic heterocycles. The number of aromatic nitrogens is 2. The molecular weight excluding hydrogens is 282 g/mol. The Bertz CT molecular complexity index is 589. The Kier molecular flexibility index (Phi) is 4.22. The van der Waals surface area contributed by atoms with Gasteiger partial charge in [-0.05, 0) is 19.3 Å². The molecule has 2 aliphatic rings. The average Bonchev–Trinajstić information content (AvgIpc) is 2.54. The lowest BCUT2D eigenvalue weighted by atomic mass is 10.0. The fourth-order valence-corrected chi connectivity index (χ4v) is 3.05. The second-order valence-electron chi connectivity index (χ2n) is 5.77. The second kappa shape index (κ2) is 6.29. The minimum Gasteiger partial charge on any atom is -0.365 e. The third-order valence-corrected chi connectivity index (χ3v) is 4.22. The van der Waals surface area contributed by atoms with Gasteiger partial charge in [0.2, 0.25) is 11.8 Å². The van der Waals surface area contributed by atoms with E-state index in [1.54, 1.807) is 0 Å². The van der Waals surface area contributed by atoms with Crippen LogP contribution in [0.1, 0.15) is 38.2 Å². The van der Waals surface area contributed by atoms with Crippen LogP contribution in [-0.2, 0) is 16.0 Å². The average molecular weight is 303 g/mol. The van der Waals surface area contributed by atoms with Crippen LogP contribution < -0.4 is 10.6 Å². The number of amides is 2. The molecule has 7 nitrogen and oxygen atoms in total. The predicted molar refractivity (Wildman–Crippen MR) is 82.5 cm³/mol. The van der Waals surface area contributed by atoms with E-state index in [-0.39, 0.29) is 17.9 Å². The molecule has 1 unspecified atom stereocenters. The summed E-state index contributed by atoms with van der Waals surface area (Å²) in [4.78, 5) is 33.7. The third-order valence-electron chi connectivity index (χ3n) is 4.22. The van der Waals surface area contributed by atoms with Crippen LogP contribution in [0.25, 0.3) is 0 Å². The van der Waals surface area contributed by atoms with E-state index in [0.29, 0.717) is 31.6 Å². The number of anilines is 2. The highest BCUT2D eigenvalue weighted by Crippen LogP contribution is 2.27. The van der Waals surface area contributed by atoms with Gasteiger partial charge in [-0.15, -0.1) is 0 Å². The van der Waals surface area contributed by atoms with Crippen molar-refractivity contribution in [2.45, 2.75) is 45.1 Å². The van der Waals surface area contributed by atoms with Gasteiger partial charge in [0.1, 0.15) is 18.0 Å². The lowest BCUT2D eigenvalue weighted by molar-refractivity contribution is -0.131. The molecular formula is C15H21N5O2. The van der Waals surface area contributed by atoms with Crippen LogP contribution in [0, 0.1) is 0 Å². The fraction of sp³-hybridized carbons (Fsp3) is 0.600. The van der Waals surface area contributed by atoms with Crippen LogP contribution in [0.5, 0.6) is 0 Å². The summed E-state index contributed by atoms with van der Waals surface area (Å²) >= 11 is 0. The molecule has 3 rings (SSSR count). The van der Waals surface area contributed by atoms with E-state index in [2.05, 4.69) is 20.6 Å². The van der Waals surface area contributed by atoms with Crippen molar-refractivity contribution >= 4 is 23.5 Å². The number of hydrogen-bond acceptors (Lipinski definition) is 5. The Morgan fingerprint density at radius 2 is 2.32 bits per heavy atom. The van der Waals surface area contributed by atoms with Gasteiger partial charge >= 0.3 is 0 Å². The molecule has 2 N–H and O–H groups in total. The van der Waals surface area contributed by atoms with Crippen molar-refractivity contribution in [2.75, 3.05) is 23.7 Å². The van der Waals surface area contributed by atoms with E-state index < -0.39 is 0 Å². The lowest BCUT2D eigenvalue weighted by Gasteiger charge is -2.34. The molecule has 0 radical (unpaired) electrons. The molecule has 2 amide bonds. The van der Waals surface area contributed by atoms with Crippen molar-refractivity contribution in [1.82, 2.24) is 14.9 Å². The number of fused-ring (bicyclic) bond motifs is 1. The minimum atomic E-state index is -0.00506. The maximum Gasteiger partial charge on any atom is 0.225 e. The zero-order chi connectivity index (χ0) is 15.5. The van der Waals surface area contributed by atoms with Crippen molar-refractivity contribution in [3.8, 4) is 0 Å². The molecule has 1 aromatic rings. The maximum atomic E-state index is 11.9. The largest absolute Gasteiger partial charge is 0.365 e. The van der Waals surface area contributed by atoms with Crippen LogP contribution in [0.3, 0.4) is 0 Å². The fourth-order valence-electron chi connectivity index (χ4n) is 3.05. The van der Waals surface area contributed by atoms with E-state index >= 15 is 0 Å². The molecule has 1 saturated heterocycles. The number of hydrogen-bond donors (Lipinski definition) is 2. The van der Waals surface area contributed by atoms with E-state index in [4.69, 9.17) is 0 Å². The van der Waals surface area contributed by atoms with Crippen LogP contribution >= 0.6 is 0 Å². The van der Waals surface area contributed by atoms with Gasteiger partial charge in [-0.3, -0.25) is 9.59 Å². The normalized spacial score (nSPS) is 21.0. The number of nitrogens with zero attached hydrogens (tertiary/aromatic N) is 3. The van der Waals surface area contributed by atoms with Crippen molar-refractivity contribution in [3.05, 3.63) is 11.9 Å². The van der Waals surface area contributed by atoms with Crippen LogP contribution in [0.2, 0.25) is 0 Å². The number of carbonyl (C=O) groups excluding carboxylic acids is 2. The summed E-state index contributed by atoms with van der Waals surface area (Å²) in [6.07, 6.45) is 5.12. The molecule has 1 fully saturated rings. The van der Waals surface area contributed by atoms with Crippen molar-refractivity contribution < 1.29 is 9.59 Å². The van der Waals surface area contributed by atoms with Crippen molar-refractivity contribution in [3.63, 3.8) is 0 Å². The summed E-state index contributed by atoms with van der Waals surface area (Å²) in [5, 5.41) is 6.22. The van der Waals surface area contributed by atoms with Gasteiger partial charge in [-0.1, -0.05) is 6.92 Å². The number of piperidine rings is 1. The Balaban J connectivity index is 1.72. The monoisotopic (exact) mass is 303 g/mol. The highest BCUT2D eigenvalue weighted by atomic mass is 16.2. The zero-order valence-corrected chi connectivity index (χ0v) is 12.8. The first kappa shape index (κ1) is 14.7. The minimum absolute atomic E-state index is 0.00506. The SMILES string of the molecule is CCC(=O)N1CCCC(Nc2ncnc3c2CCC(=O)N3)C1. The van der Waals surface area contributed by atoms with E-state index in [1.165, 1.54) is 6.33 Å². The highest BCUT2D eigenvalue weighted by molar-refractivity contribution is 5.93. The number of nitrogens with one attached hydrogen (secondary N) is 2. The van der Waals surface area contributed by atoms with Crippen molar-refractivity contribution in [2.24, 2.45) is 0 Å². The van der Waals surface area contributed by atoms with Gasteiger partial charge in [-0.25, -0.2) is 9.97 Å². The van der Waals surface area contributed by atoms with Gasteiger partial charge < -0.3 is 15.5 Å². The Morgan fingerprint density at radius 3 is 3.14 bits per heavy atom. The molecule has 118 valence electrons. The molecule has 22 heavy (non-hydrogen) atoms. The summed E-state index contributed by atoms with van der Waals surface area (Å²) in [5.41, 5.74) is 0.959. The van der Waals surface area contributed by atoms with Crippen molar-refractivity contribution in [1.29, 1.82) is 0 Å². The number of likely N-dealkylation sites (tertiary alicyclic amines) is 1. The number of rotatable bonds is 3. The lowest BCUT2D eigenvalue weighted by Crippen LogP contribution is -2.45. The molecule has 1 aromatic heterocycles. The van der Waals surface area contributed by atoms with Gasteiger partial charge in [0, 0.05) is 37.5 Å². The quantitative estimate of drug-likeness (QED) is 0.875. The van der Waals surface area contributed by atoms with E-state index in [0.717, 1.165) is 30.8 Å². The molecule has 0 spiro atoms. The van der Waals surface area contributed by atoms with Gasteiger partial charge in [0.05, 0.1) is 0 Å². The number of carbonyl (C=O) groups is 2. The van der Waals surface area contributed by atoms with E-state index in [1.807, 2.05) is 11.8 Å². The van der Waals surface area contributed by atoms with E-state index in [9.17, 15) is 9.59 Å². The topological polar surface area (TPSA) is 87.2 Å². The summed E-state index contributed by atoms with van der Waals surface area (Å²) in [6, 6.07) is 0.195. The maximum absolute atomic E-state index is 11.9. The van der Waals surface area contributed by atoms with Gasteiger partial charge in [0.25, 0.3) is 0 Å². The second-order valence-corrected chi connectivity index (χ2v) is 5.77. The Hall–Kier alpha value is -2.18. The first-order chi connectivity index (χ1) is 10.7. The standard InChI is InChI=1S/C15H21N5O2/c1-2-13(22)20-7-3-4-10(8-20)18-14-11-5-6-12(21)19-15(11)17-9-16-14/h9-10H,2-8H2,1H3,(H2,16,17,18,19,21). The summed E-state index contributed by atoms with van der Waals surface area (Å²) in [6.45, 7) is 3.43. The zero-order valence-electron chi connectivity index (χ0n) is 12.8.